The fraction of sp³-hybridized carbons (Fsp3) is 0.265. The Kier molecular flexibility index (Phi) is 9.07. The van der Waals surface area contributed by atoms with Gasteiger partial charge in [-0.1, -0.05) is 30.3 Å². The van der Waals surface area contributed by atoms with Gasteiger partial charge in [-0.15, -0.1) is 10.2 Å². The summed E-state index contributed by atoms with van der Waals surface area (Å²) in [6.45, 7) is 1.61. The van der Waals surface area contributed by atoms with Crippen LogP contribution in [0.5, 0.6) is 0 Å². The molecule has 2 aromatic heterocycles. The molecule has 0 aliphatic carbocycles. The van der Waals surface area contributed by atoms with Gasteiger partial charge in [0, 0.05) is 60.9 Å². The number of anilines is 2. The van der Waals surface area contributed by atoms with Crippen molar-refractivity contribution in [1.82, 2.24) is 19.7 Å². The Morgan fingerprint density at radius 2 is 1.27 bits per heavy atom. The van der Waals surface area contributed by atoms with Crippen LogP contribution in [0.4, 0.5) is 42.1 Å². The summed E-state index contributed by atoms with van der Waals surface area (Å²) in [5.41, 5.74) is -2.24. The lowest BCUT2D eigenvalue weighted by atomic mass is 9.84. The van der Waals surface area contributed by atoms with E-state index in [4.69, 9.17) is 0 Å². The third-order valence-corrected chi connectivity index (χ3v) is 8.59. The van der Waals surface area contributed by atoms with E-state index in [1.165, 1.54) is 24.4 Å². The Bertz CT molecular complexity index is 1860. The van der Waals surface area contributed by atoms with Gasteiger partial charge in [0.05, 0.1) is 6.54 Å². The molecule has 1 aliphatic rings. The van der Waals surface area contributed by atoms with Crippen LogP contribution >= 0.6 is 0 Å². The molecule has 0 saturated carbocycles. The molecule has 49 heavy (non-hydrogen) atoms. The van der Waals surface area contributed by atoms with E-state index in [1.54, 1.807) is 24.3 Å². The van der Waals surface area contributed by atoms with Gasteiger partial charge < -0.3 is 24.6 Å². The van der Waals surface area contributed by atoms with Crippen molar-refractivity contribution in [3.8, 4) is 11.1 Å². The molecule has 0 spiro atoms. The van der Waals surface area contributed by atoms with Crippen molar-refractivity contribution in [2.45, 2.75) is 30.3 Å². The molecule has 0 amide bonds. The standard InChI is InChI=1S/C34H29F7N6O2/c35-25-6-11-28(29(36)17-25)32(49,19-45-20-43-44-21-45)33(37,38)30-12-5-24(18-42-30)22-1-7-26(8-2-22)46-13-15-47(16-14-46)27-9-3-23(4-10-27)31(48)34(39,40)41/h1-12,17-18,20-21,31,48-49H,13-16,19H2/t31-,32+/m1/s1. The molecule has 1 fully saturated rings. The molecular formula is C34H29F7N6O2. The molecule has 5 aromatic rings. The van der Waals surface area contributed by atoms with Crippen LogP contribution in [0.1, 0.15) is 22.9 Å². The number of benzene rings is 3. The fourth-order valence-electron chi connectivity index (χ4n) is 5.85. The number of pyridine rings is 1. The second-order valence-corrected chi connectivity index (χ2v) is 11.7. The minimum Gasteiger partial charge on any atom is -0.379 e. The average Bonchev–Trinajstić information content (AvgIpc) is 3.60. The number of hydrogen-bond acceptors (Lipinski definition) is 7. The van der Waals surface area contributed by atoms with Gasteiger partial charge in [-0.3, -0.25) is 4.98 Å². The molecule has 3 aromatic carbocycles. The zero-order valence-corrected chi connectivity index (χ0v) is 25.6. The summed E-state index contributed by atoms with van der Waals surface area (Å²) in [5.74, 6) is -6.50. The van der Waals surface area contributed by atoms with Crippen molar-refractivity contribution >= 4 is 11.4 Å². The van der Waals surface area contributed by atoms with Crippen LogP contribution in [0.3, 0.4) is 0 Å². The first-order chi connectivity index (χ1) is 23.3. The SMILES string of the molecule is O[C@H](c1ccc(N2CCN(c3ccc(-c4ccc(C(F)(F)[C@](O)(Cn5cnnc5)c5ccc(F)cc5F)nc4)cc3)CC2)cc1)C(F)(F)F. The summed E-state index contributed by atoms with van der Waals surface area (Å²) in [6, 6.07) is 17.4. The van der Waals surface area contributed by atoms with Crippen molar-refractivity contribution in [1.29, 1.82) is 0 Å². The molecule has 6 rings (SSSR count). The minimum absolute atomic E-state index is 0.223. The topological polar surface area (TPSA) is 90.5 Å². The molecule has 1 saturated heterocycles. The highest BCUT2D eigenvalue weighted by Crippen LogP contribution is 2.47. The third kappa shape index (κ3) is 6.81. The average molecular weight is 687 g/mol. The second-order valence-electron chi connectivity index (χ2n) is 11.7. The normalized spacial score (nSPS) is 16.0. The maximum Gasteiger partial charge on any atom is 0.418 e. The van der Waals surface area contributed by atoms with Crippen molar-refractivity contribution < 1.29 is 40.9 Å². The summed E-state index contributed by atoms with van der Waals surface area (Å²) in [4.78, 5) is 8.11. The number of rotatable bonds is 9. The van der Waals surface area contributed by atoms with E-state index in [0.29, 0.717) is 43.4 Å². The van der Waals surface area contributed by atoms with Gasteiger partial charge in [-0.2, -0.15) is 22.0 Å². The van der Waals surface area contributed by atoms with Crippen molar-refractivity contribution in [3.05, 3.63) is 126 Å². The smallest absolute Gasteiger partial charge is 0.379 e. The number of hydrogen-bond donors (Lipinski definition) is 2. The molecule has 8 nitrogen and oxygen atoms in total. The lowest BCUT2D eigenvalue weighted by Gasteiger charge is -2.37. The van der Waals surface area contributed by atoms with E-state index in [1.807, 2.05) is 17.0 Å². The van der Waals surface area contributed by atoms with Crippen LogP contribution in [0, 0.1) is 11.6 Å². The van der Waals surface area contributed by atoms with Crippen LogP contribution in [-0.2, 0) is 18.1 Å². The summed E-state index contributed by atoms with van der Waals surface area (Å²) in [5, 5.41) is 28.0. The monoisotopic (exact) mass is 686 g/mol. The Balaban J connectivity index is 1.14. The summed E-state index contributed by atoms with van der Waals surface area (Å²) < 4.78 is 100. The van der Waals surface area contributed by atoms with Gasteiger partial charge >= 0.3 is 12.1 Å². The Hall–Kier alpha value is -5.02. The van der Waals surface area contributed by atoms with Gasteiger partial charge in [0.1, 0.15) is 30.0 Å². The second kappa shape index (κ2) is 13.1. The maximum absolute atomic E-state index is 16.1. The van der Waals surface area contributed by atoms with E-state index >= 15 is 8.78 Å². The molecule has 0 radical (unpaired) electrons. The van der Waals surface area contributed by atoms with Crippen LogP contribution in [0.25, 0.3) is 11.1 Å². The third-order valence-electron chi connectivity index (χ3n) is 8.59. The summed E-state index contributed by atoms with van der Waals surface area (Å²) in [7, 11) is 0. The Labute approximate surface area is 275 Å². The molecule has 15 heteroatoms. The van der Waals surface area contributed by atoms with Crippen LogP contribution < -0.4 is 9.80 Å². The number of aromatic nitrogens is 4. The first-order valence-corrected chi connectivity index (χ1v) is 15.1. The largest absolute Gasteiger partial charge is 0.418 e. The van der Waals surface area contributed by atoms with Gasteiger partial charge in [0.2, 0.25) is 0 Å². The zero-order chi connectivity index (χ0) is 35.0. The van der Waals surface area contributed by atoms with Crippen LogP contribution in [0.15, 0.2) is 97.7 Å². The van der Waals surface area contributed by atoms with E-state index in [0.717, 1.165) is 46.8 Å². The Morgan fingerprint density at radius 3 is 1.78 bits per heavy atom. The molecule has 0 bridgehead atoms. The first-order valence-electron chi connectivity index (χ1n) is 15.1. The highest BCUT2D eigenvalue weighted by atomic mass is 19.4. The van der Waals surface area contributed by atoms with Gasteiger partial charge in [0.25, 0.3) is 0 Å². The molecule has 0 unspecified atom stereocenters. The lowest BCUT2D eigenvalue weighted by molar-refractivity contribution is -0.206. The Morgan fingerprint density at radius 1 is 0.714 bits per heavy atom. The molecule has 3 heterocycles. The van der Waals surface area contributed by atoms with Gasteiger partial charge in [0.15, 0.2) is 11.7 Å². The van der Waals surface area contributed by atoms with Crippen LogP contribution in [0.2, 0.25) is 0 Å². The first kappa shape index (κ1) is 33.9. The van der Waals surface area contributed by atoms with Crippen molar-refractivity contribution in [2.75, 3.05) is 36.0 Å². The summed E-state index contributed by atoms with van der Waals surface area (Å²) >= 11 is 0. The fourth-order valence-corrected chi connectivity index (χ4v) is 5.85. The number of aliphatic hydroxyl groups is 2. The molecule has 256 valence electrons. The molecule has 2 atom stereocenters. The molecular weight excluding hydrogens is 657 g/mol. The summed E-state index contributed by atoms with van der Waals surface area (Å²) in [6.07, 6.45) is -3.89. The van der Waals surface area contributed by atoms with Crippen molar-refractivity contribution in [3.63, 3.8) is 0 Å². The number of alkyl halides is 5. The molecule has 1 aliphatic heterocycles. The maximum atomic E-state index is 16.1. The number of piperazine rings is 1. The lowest BCUT2D eigenvalue weighted by Crippen LogP contribution is -2.47. The zero-order valence-electron chi connectivity index (χ0n) is 25.6. The van der Waals surface area contributed by atoms with E-state index in [9.17, 15) is 32.2 Å². The van der Waals surface area contributed by atoms with E-state index in [2.05, 4.69) is 20.1 Å². The number of halogens is 7. The van der Waals surface area contributed by atoms with E-state index < -0.39 is 53.2 Å². The van der Waals surface area contributed by atoms with Gasteiger partial charge in [-0.25, -0.2) is 8.78 Å². The highest BCUT2D eigenvalue weighted by Gasteiger charge is 2.57. The van der Waals surface area contributed by atoms with Crippen molar-refractivity contribution in [2.24, 2.45) is 0 Å². The quantitative estimate of drug-likeness (QED) is 0.178. The van der Waals surface area contributed by atoms with Gasteiger partial charge in [-0.05, 0) is 53.6 Å². The number of aliphatic hydroxyl groups excluding tert-OH is 1. The van der Waals surface area contributed by atoms with Crippen LogP contribution in [-0.4, -0.2) is 62.3 Å². The number of nitrogens with zero attached hydrogens (tertiary/aromatic N) is 6. The highest BCUT2D eigenvalue weighted by molar-refractivity contribution is 5.66. The molecule has 2 N–H and O–H groups in total. The van der Waals surface area contributed by atoms with E-state index in [-0.39, 0.29) is 5.56 Å². The minimum atomic E-state index is -4.74. The predicted octanol–water partition coefficient (Wildman–Crippen LogP) is 6.22. The predicted molar refractivity (Wildman–Crippen MR) is 166 cm³/mol.